The maximum absolute atomic E-state index is 12.2. The molecule has 1 aromatic rings. The van der Waals surface area contributed by atoms with E-state index in [4.69, 9.17) is 0 Å². The van der Waals surface area contributed by atoms with Crippen LogP contribution in [0.25, 0.3) is 0 Å². The van der Waals surface area contributed by atoms with Crippen molar-refractivity contribution < 1.29 is 9.59 Å². The minimum Gasteiger partial charge on any atom is -0.338 e. The Balaban J connectivity index is 1.52. The number of benzene rings is 1. The predicted molar refractivity (Wildman–Crippen MR) is 106 cm³/mol. The van der Waals surface area contributed by atoms with Crippen LogP contribution < -0.4 is 10.6 Å². The molecule has 0 aromatic heterocycles. The fourth-order valence-corrected chi connectivity index (χ4v) is 4.53. The molecule has 0 saturated carbocycles. The Morgan fingerprint density at radius 1 is 1.11 bits per heavy atom. The first-order valence-corrected chi connectivity index (χ1v) is 10.2. The zero-order valence-electron chi connectivity index (χ0n) is 16.3. The number of hydrogen-bond acceptors (Lipinski definition) is 4. The molecule has 148 valence electrons. The van der Waals surface area contributed by atoms with Crippen LogP contribution in [0.15, 0.2) is 30.3 Å². The molecule has 0 unspecified atom stereocenters. The van der Waals surface area contributed by atoms with Crippen LogP contribution in [0.1, 0.15) is 38.2 Å². The van der Waals surface area contributed by atoms with Gasteiger partial charge in [0.25, 0.3) is 0 Å². The number of piperidine rings is 1. The third kappa shape index (κ3) is 5.78. The van der Waals surface area contributed by atoms with Crippen LogP contribution in [0.3, 0.4) is 0 Å². The van der Waals surface area contributed by atoms with Crippen LogP contribution in [0, 0.1) is 5.92 Å². The maximum atomic E-state index is 12.2. The number of carbonyl (C=O) groups is 2. The molecule has 2 saturated heterocycles. The van der Waals surface area contributed by atoms with Crippen LogP contribution in [0.2, 0.25) is 0 Å². The molecule has 6 nitrogen and oxygen atoms in total. The second kappa shape index (κ2) is 9.85. The lowest BCUT2D eigenvalue weighted by atomic mass is 9.89. The number of nitrogens with one attached hydrogen (secondary N) is 2. The van der Waals surface area contributed by atoms with Gasteiger partial charge in [-0.3, -0.25) is 19.9 Å². The quantitative estimate of drug-likeness (QED) is 0.804. The van der Waals surface area contributed by atoms with E-state index < -0.39 is 6.03 Å². The summed E-state index contributed by atoms with van der Waals surface area (Å²) in [6.07, 6.45) is 4.73. The lowest BCUT2D eigenvalue weighted by Crippen LogP contribution is -2.49. The molecule has 0 radical (unpaired) electrons. The van der Waals surface area contributed by atoms with E-state index in [0.29, 0.717) is 25.0 Å². The van der Waals surface area contributed by atoms with E-state index in [1.54, 1.807) is 0 Å². The summed E-state index contributed by atoms with van der Waals surface area (Å²) >= 11 is 0. The van der Waals surface area contributed by atoms with E-state index in [0.717, 1.165) is 39.0 Å². The minimum absolute atomic E-state index is 0.204. The molecule has 0 bridgehead atoms. The fourth-order valence-electron chi connectivity index (χ4n) is 4.53. The van der Waals surface area contributed by atoms with Gasteiger partial charge in [-0.2, -0.15) is 0 Å². The molecule has 3 rings (SSSR count). The number of nitrogens with zero attached hydrogens (tertiary/aromatic N) is 2. The van der Waals surface area contributed by atoms with Crippen LogP contribution in [0.5, 0.6) is 0 Å². The Morgan fingerprint density at radius 3 is 2.67 bits per heavy atom. The topological polar surface area (TPSA) is 64.7 Å². The van der Waals surface area contributed by atoms with E-state index in [1.165, 1.54) is 18.4 Å². The van der Waals surface area contributed by atoms with E-state index in [9.17, 15) is 9.59 Å². The summed E-state index contributed by atoms with van der Waals surface area (Å²) in [7, 11) is 0. The molecule has 2 aliphatic rings. The van der Waals surface area contributed by atoms with Crippen LogP contribution in [-0.4, -0.2) is 60.5 Å². The zero-order chi connectivity index (χ0) is 19.1. The van der Waals surface area contributed by atoms with Gasteiger partial charge in [-0.05, 0) is 57.2 Å². The van der Waals surface area contributed by atoms with Gasteiger partial charge in [-0.25, -0.2) is 4.79 Å². The largest absolute Gasteiger partial charge is 0.338 e. The Labute approximate surface area is 162 Å². The molecule has 2 N–H and O–H groups in total. The average molecular weight is 373 g/mol. The number of carbonyl (C=O) groups excluding carboxylic acids is 2. The first kappa shape index (κ1) is 19.8. The van der Waals surface area contributed by atoms with Gasteiger partial charge < -0.3 is 5.32 Å². The minimum atomic E-state index is -0.398. The summed E-state index contributed by atoms with van der Waals surface area (Å²) in [5.74, 6) is 0.395. The van der Waals surface area contributed by atoms with Crippen molar-refractivity contribution in [3.05, 3.63) is 35.9 Å². The molecular weight excluding hydrogens is 340 g/mol. The Bertz CT molecular complexity index is 622. The van der Waals surface area contributed by atoms with E-state index >= 15 is 0 Å². The van der Waals surface area contributed by atoms with Gasteiger partial charge >= 0.3 is 6.03 Å². The average Bonchev–Trinajstić information content (AvgIpc) is 3.11. The van der Waals surface area contributed by atoms with Crippen molar-refractivity contribution >= 4 is 11.9 Å². The molecule has 6 heteroatoms. The summed E-state index contributed by atoms with van der Waals surface area (Å²) in [4.78, 5) is 28.6. The predicted octanol–water partition coefficient (Wildman–Crippen LogP) is 2.21. The SMILES string of the molecule is CCNC(=O)NC(=O)CN1CCC[C@@H]1[C@H]1CCCN(Cc2ccccc2)C1. The van der Waals surface area contributed by atoms with E-state index in [2.05, 4.69) is 50.8 Å². The monoisotopic (exact) mass is 372 g/mol. The van der Waals surface area contributed by atoms with Crippen molar-refractivity contribution in [2.45, 2.75) is 45.2 Å². The summed E-state index contributed by atoms with van der Waals surface area (Å²) in [5.41, 5.74) is 1.36. The Kier molecular flexibility index (Phi) is 7.24. The Hall–Kier alpha value is -1.92. The third-order valence-corrected chi connectivity index (χ3v) is 5.69. The van der Waals surface area contributed by atoms with Gasteiger partial charge in [-0.1, -0.05) is 30.3 Å². The van der Waals surface area contributed by atoms with Crippen LogP contribution in [-0.2, 0) is 11.3 Å². The number of imide groups is 1. The lowest BCUT2D eigenvalue weighted by molar-refractivity contribution is -0.121. The second-order valence-electron chi connectivity index (χ2n) is 7.71. The maximum Gasteiger partial charge on any atom is 0.321 e. The van der Waals surface area contributed by atoms with Gasteiger partial charge in [0.15, 0.2) is 0 Å². The summed E-state index contributed by atoms with van der Waals surface area (Å²) < 4.78 is 0. The molecule has 0 aliphatic carbocycles. The number of likely N-dealkylation sites (tertiary alicyclic amines) is 2. The molecule has 2 fully saturated rings. The van der Waals surface area contributed by atoms with E-state index in [1.807, 2.05) is 6.92 Å². The van der Waals surface area contributed by atoms with Crippen molar-refractivity contribution in [1.82, 2.24) is 20.4 Å². The van der Waals surface area contributed by atoms with Crippen LogP contribution in [0.4, 0.5) is 4.79 Å². The number of rotatable bonds is 6. The highest BCUT2D eigenvalue weighted by molar-refractivity contribution is 5.95. The second-order valence-corrected chi connectivity index (χ2v) is 7.71. The standard InChI is InChI=1S/C21H32N4O2/c1-2-22-21(27)23-20(26)16-25-13-7-11-19(25)18-10-6-12-24(15-18)14-17-8-4-3-5-9-17/h3-5,8-9,18-19H,2,6-7,10-16H2,1H3,(H2,22,23,26,27)/t18-,19+/m0/s1. The zero-order valence-corrected chi connectivity index (χ0v) is 16.3. The Morgan fingerprint density at radius 2 is 1.89 bits per heavy atom. The van der Waals surface area contributed by atoms with Crippen molar-refractivity contribution in [1.29, 1.82) is 0 Å². The van der Waals surface area contributed by atoms with Gasteiger partial charge in [-0.15, -0.1) is 0 Å². The highest BCUT2D eigenvalue weighted by Gasteiger charge is 2.35. The smallest absolute Gasteiger partial charge is 0.321 e. The molecule has 0 spiro atoms. The van der Waals surface area contributed by atoms with Crippen molar-refractivity contribution in [3.63, 3.8) is 0 Å². The summed E-state index contributed by atoms with van der Waals surface area (Å²) in [6.45, 7) is 6.86. The van der Waals surface area contributed by atoms with Gasteiger partial charge in [0.2, 0.25) is 5.91 Å². The molecule has 1 aromatic carbocycles. The van der Waals surface area contributed by atoms with Gasteiger partial charge in [0, 0.05) is 25.7 Å². The highest BCUT2D eigenvalue weighted by atomic mass is 16.2. The van der Waals surface area contributed by atoms with Gasteiger partial charge in [0.1, 0.15) is 0 Å². The van der Waals surface area contributed by atoms with E-state index in [-0.39, 0.29) is 5.91 Å². The normalized spacial score (nSPS) is 23.9. The third-order valence-electron chi connectivity index (χ3n) is 5.69. The lowest BCUT2D eigenvalue weighted by Gasteiger charge is -2.39. The summed E-state index contributed by atoms with van der Waals surface area (Å²) in [6, 6.07) is 10.7. The highest BCUT2D eigenvalue weighted by Crippen LogP contribution is 2.30. The molecule has 2 heterocycles. The van der Waals surface area contributed by atoms with Crippen molar-refractivity contribution in [2.24, 2.45) is 5.92 Å². The number of hydrogen-bond donors (Lipinski definition) is 2. The number of amides is 3. The molecule has 3 amide bonds. The number of urea groups is 1. The van der Waals surface area contributed by atoms with Gasteiger partial charge in [0.05, 0.1) is 6.54 Å². The molecular formula is C21H32N4O2. The van der Waals surface area contributed by atoms with Crippen molar-refractivity contribution in [3.8, 4) is 0 Å². The van der Waals surface area contributed by atoms with Crippen molar-refractivity contribution in [2.75, 3.05) is 32.7 Å². The first-order valence-electron chi connectivity index (χ1n) is 10.2. The molecule has 27 heavy (non-hydrogen) atoms. The first-order chi connectivity index (χ1) is 13.2. The fraction of sp³-hybridized carbons (Fsp3) is 0.619. The summed E-state index contributed by atoms with van der Waals surface area (Å²) in [5, 5.41) is 5.04. The molecule has 2 atom stereocenters. The van der Waals surface area contributed by atoms with Crippen LogP contribution >= 0.6 is 0 Å². The molecule has 2 aliphatic heterocycles.